The first-order valence-electron chi connectivity index (χ1n) is 12.0. The number of anilines is 2. The van der Waals surface area contributed by atoms with Crippen LogP contribution in [-0.4, -0.2) is 49.4 Å². The van der Waals surface area contributed by atoms with Gasteiger partial charge < -0.3 is 20.9 Å². The smallest absolute Gasteiger partial charge is 0.382 e. The Morgan fingerprint density at radius 1 is 0.972 bits per heavy atom. The van der Waals surface area contributed by atoms with Crippen LogP contribution in [0.15, 0.2) is 42.5 Å². The first-order chi connectivity index (χ1) is 17.0. The molecule has 2 amide bonds. The van der Waals surface area contributed by atoms with Gasteiger partial charge in [-0.05, 0) is 50.2 Å². The number of primary amides is 1. The zero-order chi connectivity index (χ0) is 27.3. The average molecular weight is 513 g/mol. The number of nitrogens with one attached hydrogen (secondary N) is 1. The predicted molar refractivity (Wildman–Crippen MR) is 136 cm³/mol. The molecule has 36 heavy (non-hydrogen) atoms. The van der Waals surface area contributed by atoms with Crippen LogP contribution in [0.4, 0.5) is 28.9 Å². The summed E-state index contributed by atoms with van der Waals surface area (Å²) in [5.74, 6) is -1.65. The van der Waals surface area contributed by atoms with Crippen LogP contribution in [0.3, 0.4) is 0 Å². The van der Waals surface area contributed by atoms with Crippen molar-refractivity contribution in [3.8, 4) is 0 Å². The van der Waals surface area contributed by atoms with Gasteiger partial charge in [-0.25, -0.2) is 4.39 Å². The van der Waals surface area contributed by atoms with Gasteiger partial charge in [-0.15, -0.1) is 0 Å². The third-order valence-corrected chi connectivity index (χ3v) is 5.26. The standard InChI is InChI=1S/C20H31F3N4O2.C6H5F/c1-5-9-26(7-3)11-8-25-17-13-15(19(24)29)12-16(20(21,22)23)18(17)27(10-6-2)14(4)28;7-6-4-2-1-3-5-6/h12-13,25H,5-11H2,1-4H3,(H2,24,29);1-5H. The molecule has 0 heterocycles. The van der Waals surface area contributed by atoms with Gasteiger partial charge in [0, 0.05) is 32.1 Å². The van der Waals surface area contributed by atoms with Crippen LogP contribution < -0.4 is 16.0 Å². The molecule has 0 spiro atoms. The molecule has 6 nitrogen and oxygen atoms in total. The minimum absolute atomic E-state index is 0.0739. The molecular weight excluding hydrogens is 476 g/mol. The second-order valence-corrected chi connectivity index (χ2v) is 8.11. The van der Waals surface area contributed by atoms with E-state index in [0.29, 0.717) is 25.6 Å². The van der Waals surface area contributed by atoms with E-state index in [1.807, 2.05) is 6.92 Å². The van der Waals surface area contributed by atoms with Gasteiger partial charge in [0.25, 0.3) is 0 Å². The lowest BCUT2D eigenvalue weighted by Gasteiger charge is -2.28. The Balaban J connectivity index is 0.000000789. The molecule has 3 N–H and O–H groups in total. The lowest BCUT2D eigenvalue weighted by atomic mass is 10.0. The van der Waals surface area contributed by atoms with Crippen molar-refractivity contribution in [2.75, 3.05) is 42.9 Å². The van der Waals surface area contributed by atoms with Crippen LogP contribution in [0, 0.1) is 5.82 Å². The highest BCUT2D eigenvalue weighted by molar-refractivity contribution is 6.00. The fourth-order valence-electron chi connectivity index (χ4n) is 3.58. The highest BCUT2D eigenvalue weighted by Gasteiger charge is 2.38. The first-order valence-corrected chi connectivity index (χ1v) is 12.0. The largest absolute Gasteiger partial charge is 0.418 e. The Morgan fingerprint density at radius 3 is 2.00 bits per heavy atom. The lowest BCUT2D eigenvalue weighted by Crippen LogP contribution is -2.34. The van der Waals surface area contributed by atoms with Gasteiger partial charge in [0.05, 0.1) is 16.9 Å². The molecule has 0 aliphatic rings. The van der Waals surface area contributed by atoms with Gasteiger partial charge in [-0.2, -0.15) is 13.2 Å². The Kier molecular flexibility index (Phi) is 12.9. The molecular formula is C26H36F4N4O2. The summed E-state index contributed by atoms with van der Waals surface area (Å²) in [5, 5.41) is 2.99. The number of hydrogen-bond acceptors (Lipinski definition) is 4. The number of nitrogens with two attached hydrogens (primary N) is 1. The Bertz CT molecular complexity index is 968. The second-order valence-electron chi connectivity index (χ2n) is 8.11. The van der Waals surface area contributed by atoms with E-state index < -0.39 is 23.6 Å². The van der Waals surface area contributed by atoms with Crippen LogP contribution in [0.1, 0.15) is 56.5 Å². The number of likely N-dealkylation sites (N-methyl/N-ethyl adjacent to an activating group) is 1. The van der Waals surface area contributed by atoms with Crippen molar-refractivity contribution in [1.29, 1.82) is 0 Å². The van der Waals surface area contributed by atoms with E-state index in [1.165, 1.54) is 25.1 Å². The first kappa shape index (κ1) is 30.9. The number of hydrogen-bond donors (Lipinski definition) is 2. The Labute approximate surface area is 210 Å². The number of alkyl halides is 3. The maximum Gasteiger partial charge on any atom is 0.418 e. The molecule has 0 aliphatic carbocycles. The molecule has 0 unspecified atom stereocenters. The summed E-state index contributed by atoms with van der Waals surface area (Å²) in [6, 6.07) is 9.94. The summed E-state index contributed by atoms with van der Waals surface area (Å²) in [6.07, 6.45) is -3.31. The maximum absolute atomic E-state index is 13.8. The molecule has 10 heteroatoms. The molecule has 0 atom stereocenters. The van der Waals surface area contributed by atoms with E-state index >= 15 is 0 Å². The molecule has 0 saturated carbocycles. The Hall–Kier alpha value is -3.14. The monoisotopic (exact) mass is 512 g/mol. The zero-order valence-corrected chi connectivity index (χ0v) is 21.3. The van der Waals surface area contributed by atoms with Crippen molar-refractivity contribution in [2.24, 2.45) is 5.73 Å². The van der Waals surface area contributed by atoms with Crippen molar-refractivity contribution >= 4 is 23.2 Å². The predicted octanol–water partition coefficient (Wildman–Crippen LogP) is 5.54. The molecule has 2 rings (SSSR count). The van der Waals surface area contributed by atoms with E-state index in [2.05, 4.69) is 17.1 Å². The summed E-state index contributed by atoms with van der Waals surface area (Å²) < 4.78 is 53.4. The van der Waals surface area contributed by atoms with Gasteiger partial charge in [0.2, 0.25) is 11.8 Å². The van der Waals surface area contributed by atoms with Crippen LogP contribution >= 0.6 is 0 Å². The fraction of sp³-hybridized carbons (Fsp3) is 0.462. The highest BCUT2D eigenvalue weighted by atomic mass is 19.4. The van der Waals surface area contributed by atoms with Crippen LogP contribution in [-0.2, 0) is 11.0 Å². The summed E-state index contributed by atoms with van der Waals surface area (Å²) in [5.41, 5.74) is 3.75. The van der Waals surface area contributed by atoms with Crippen LogP contribution in [0.2, 0.25) is 0 Å². The zero-order valence-electron chi connectivity index (χ0n) is 21.3. The minimum Gasteiger partial charge on any atom is -0.382 e. The van der Waals surface area contributed by atoms with E-state index in [-0.39, 0.29) is 29.3 Å². The van der Waals surface area contributed by atoms with Crippen molar-refractivity contribution in [3.05, 3.63) is 59.4 Å². The number of nitrogens with zero attached hydrogens (tertiary/aromatic N) is 2. The number of carbonyl (C=O) groups is 2. The molecule has 0 aromatic heterocycles. The lowest BCUT2D eigenvalue weighted by molar-refractivity contribution is -0.137. The summed E-state index contributed by atoms with van der Waals surface area (Å²) >= 11 is 0. The normalized spacial score (nSPS) is 11.0. The molecule has 0 fully saturated rings. The molecule has 0 aliphatic heterocycles. The number of benzene rings is 2. The molecule has 200 valence electrons. The SMILES string of the molecule is CCCN(CC)CCNc1cc(C(N)=O)cc(C(F)(F)F)c1N(CCC)C(C)=O.Fc1ccccc1. The summed E-state index contributed by atoms with van der Waals surface area (Å²) in [6.45, 7) is 9.84. The van der Waals surface area contributed by atoms with Gasteiger partial charge in [-0.1, -0.05) is 39.0 Å². The van der Waals surface area contributed by atoms with E-state index in [4.69, 9.17) is 5.73 Å². The van der Waals surface area contributed by atoms with Gasteiger partial charge in [0.1, 0.15) is 5.82 Å². The van der Waals surface area contributed by atoms with Crippen molar-refractivity contribution in [1.82, 2.24) is 4.90 Å². The van der Waals surface area contributed by atoms with Crippen molar-refractivity contribution in [2.45, 2.75) is 46.7 Å². The van der Waals surface area contributed by atoms with Gasteiger partial charge >= 0.3 is 6.18 Å². The molecule has 2 aromatic carbocycles. The number of carbonyl (C=O) groups excluding carboxylic acids is 2. The van der Waals surface area contributed by atoms with Crippen LogP contribution in [0.5, 0.6) is 0 Å². The number of halogens is 4. The maximum atomic E-state index is 13.8. The quantitative estimate of drug-likeness (QED) is 0.388. The van der Waals surface area contributed by atoms with Crippen molar-refractivity contribution < 1.29 is 27.2 Å². The molecule has 0 radical (unpaired) electrons. The average Bonchev–Trinajstić information content (AvgIpc) is 2.81. The summed E-state index contributed by atoms with van der Waals surface area (Å²) in [7, 11) is 0. The third-order valence-electron chi connectivity index (χ3n) is 5.26. The van der Waals surface area contributed by atoms with Gasteiger partial charge in [0.15, 0.2) is 0 Å². The van der Waals surface area contributed by atoms with E-state index in [0.717, 1.165) is 24.4 Å². The van der Waals surface area contributed by atoms with Crippen molar-refractivity contribution in [3.63, 3.8) is 0 Å². The van der Waals surface area contributed by atoms with E-state index in [9.17, 15) is 27.2 Å². The van der Waals surface area contributed by atoms with E-state index in [1.54, 1.807) is 25.1 Å². The number of amides is 2. The molecule has 0 bridgehead atoms. The number of rotatable bonds is 11. The van der Waals surface area contributed by atoms with Gasteiger partial charge in [-0.3, -0.25) is 9.59 Å². The third kappa shape index (κ3) is 9.85. The topological polar surface area (TPSA) is 78.7 Å². The molecule has 0 saturated heterocycles. The summed E-state index contributed by atoms with van der Waals surface area (Å²) in [4.78, 5) is 27.0. The molecule has 2 aromatic rings. The fourth-order valence-corrected chi connectivity index (χ4v) is 3.58. The second kappa shape index (κ2) is 15.1. The minimum atomic E-state index is -4.75. The Morgan fingerprint density at radius 2 is 1.58 bits per heavy atom. The highest BCUT2D eigenvalue weighted by Crippen LogP contribution is 2.42. The van der Waals surface area contributed by atoms with Crippen LogP contribution in [0.25, 0.3) is 0 Å².